The molecule has 3 aromatic carbocycles. The van der Waals surface area contributed by atoms with E-state index in [1.165, 1.54) is 78.9 Å². The quantitative estimate of drug-likeness (QED) is 0.0800. The highest BCUT2D eigenvalue weighted by Crippen LogP contribution is 2.29. The van der Waals surface area contributed by atoms with Gasteiger partial charge in [0.15, 0.2) is 0 Å². The molecule has 0 aliphatic rings. The second kappa shape index (κ2) is 13.3. The van der Waals surface area contributed by atoms with E-state index in [0.717, 1.165) is 0 Å². The zero-order valence-corrected chi connectivity index (χ0v) is 21.8. The van der Waals surface area contributed by atoms with Gasteiger partial charge in [0.1, 0.15) is 22.6 Å². The lowest BCUT2D eigenvalue weighted by Crippen LogP contribution is -2.23. The zero-order valence-electron chi connectivity index (χ0n) is 21.8. The highest BCUT2D eigenvalue weighted by Gasteiger charge is 2.39. The largest absolute Gasteiger partial charge is 0.423 e. The van der Waals surface area contributed by atoms with Gasteiger partial charge in [-0.1, -0.05) is 73.9 Å². The van der Waals surface area contributed by atoms with Gasteiger partial charge in [0.2, 0.25) is 0 Å². The predicted molar refractivity (Wildman–Crippen MR) is 144 cm³/mol. The van der Waals surface area contributed by atoms with Crippen LogP contribution in [-0.4, -0.2) is 24.3 Å². The fourth-order valence-corrected chi connectivity index (χ4v) is 3.28. The first-order valence-corrected chi connectivity index (χ1v) is 12.0. The van der Waals surface area contributed by atoms with Crippen molar-refractivity contribution in [3.8, 4) is 11.5 Å². The number of rotatable bonds is 9. The van der Waals surface area contributed by atoms with Crippen LogP contribution in [0.25, 0.3) is 24.3 Å². The maximum absolute atomic E-state index is 13.8. The molecule has 224 valence electrons. The highest BCUT2D eigenvalue weighted by atomic mass is 19.4. The molecule has 0 atom stereocenters. The first-order chi connectivity index (χ1) is 20.0. The SMILES string of the molecule is C=C(C(=O)Oc1ccc(/C=C/c2ccc(/C=C/c3ccc(OC(=O)C(=C)C(F)(F)F)cc3)c(C(F)F)c2)cc1)C(F)(F)F. The van der Waals surface area contributed by atoms with E-state index < -0.39 is 41.9 Å². The molecule has 3 rings (SSSR count). The summed E-state index contributed by atoms with van der Waals surface area (Å²) in [6, 6.07) is 15.0. The normalized spacial score (nSPS) is 12.1. The van der Waals surface area contributed by atoms with Crippen LogP contribution in [0.15, 0.2) is 91.0 Å². The Bertz CT molecular complexity index is 1560. The smallest absolute Gasteiger partial charge is 0.422 e. The third-order valence-corrected chi connectivity index (χ3v) is 5.63. The lowest BCUT2D eigenvalue weighted by atomic mass is 10.0. The summed E-state index contributed by atoms with van der Waals surface area (Å²) in [7, 11) is 0. The van der Waals surface area contributed by atoms with Gasteiger partial charge in [0, 0.05) is 5.56 Å². The molecule has 4 nitrogen and oxygen atoms in total. The molecule has 0 N–H and O–H groups in total. The standard InChI is InChI=1S/C31H20F8O4/c1-18(30(34,35)36)28(40)42-24-13-7-20(8-14-24)3-4-22-6-12-23(26(17-22)27(32)33)11-5-21-9-15-25(16-10-21)43-29(41)19(2)31(37,38)39/h3-17,27H,1-2H2/b4-3+,11-5+. The first-order valence-electron chi connectivity index (χ1n) is 12.0. The highest BCUT2D eigenvalue weighted by molar-refractivity contribution is 5.91. The predicted octanol–water partition coefficient (Wildman–Crippen LogP) is 9.01. The van der Waals surface area contributed by atoms with E-state index in [2.05, 4.69) is 22.6 Å². The van der Waals surface area contributed by atoms with E-state index in [0.29, 0.717) is 16.7 Å². The Kier molecular flexibility index (Phi) is 10.1. The number of carbonyl (C=O) groups excluding carboxylic acids is 2. The molecule has 43 heavy (non-hydrogen) atoms. The number of esters is 2. The Balaban J connectivity index is 1.68. The van der Waals surface area contributed by atoms with E-state index in [1.54, 1.807) is 12.1 Å². The molecule has 0 bridgehead atoms. The lowest BCUT2D eigenvalue weighted by molar-refractivity contribution is -0.143. The minimum absolute atomic E-state index is 0.147. The summed E-state index contributed by atoms with van der Waals surface area (Å²) >= 11 is 0. The molecular weight excluding hydrogens is 588 g/mol. The Morgan fingerprint density at radius 1 is 0.605 bits per heavy atom. The fraction of sp³-hybridized carbons (Fsp3) is 0.0968. The molecule has 0 saturated heterocycles. The number of benzene rings is 3. The summed E-state index contributed by atoms with van der Waals surface area (Å²) in [6.07, 6.45) is -6.72. The van der Waals surface area contributed by atoms with Crippen molar-refractivity contribution in [2.24, 2.45) is 0 Å². The van der Waals surface area contributed by atoms with Crippen LogP contribution in [0, 0.1) is 0 Å². The van der Waals surface area contributed by atoms with Crippen molar-refractivity contribution in [2.45, 2.75) is 18.8 Å². The van der Waals surface area contributed by atoms with Crippen molar-refractivity contribution < 1.29 is 54.2 Å². The monoisotopic (exact) mass is 608 g/mol. The van der Waals surface area contributed by atoms with Crippen LogP contribution in [-0.2, 0) is 9.59 Å². The average Bonchev–Trinajstić information content (AvgIpc) is 2.94. The van der Waals surface area contributed by atoms with E-state index in [1.807, 2.05) is 0 Å². The Hall–Kier alpha value is -5.00. The molecule has 0 amide bonds. The second-order valence-corrected chi connectivity index (χ2v) is 8.73. The number of hydrogen-bond donors (Lipinski definition) is 0. The van der Waals surface area contributed by atoms with Crippen LogP contribution in [0.2, 0.25) is 0 Å². The van der Waals surface area contributed by atoms with Gasteiger partial charge in [-0.15, -0.1) is 0 Å². The van der Waals surface area contributed by atoms with Crippen molar-refractivity contribution in [2.75, 3.05) is 0 Å². The third kappa shape index (κ3) is 9.25. The number of halogens is 8. The summed E-state index contributed by atoms with van der Waals surface area (Å²) < 4.78 is 112. The van der Waals surface area contributed by atoms with Crippen LogP contribution < -0.4 is 9.47 Å². The molecular formula is C31H20F8O4. The van der Waals surface area contributed by atoms with Crippen molar-refractivity contribution in [3.05, 3.63) is 119 Å². The van der Waals surface area contributed by atoms with Gasteiger partial charge in [0.05, 0.1) is 0 Å². The van der Waals surface area contributed by atoms with E-state index in [4.69, 9.17) is 0 Å². The average molecular weight is 608 g/mol. The van der Waals surface area contributed by atoms with Crippen molar-refractivity contribution in [1.82, 2.24) is 0 Å². The van der Waals surface area contributed by atoms with Gasteiger partial charge < -0.3 is 9.47 Å². The number of hydrogen-bond acceptors (Lipinski definition) is 4. The first kappa shape index (κ1) is 32.5. The minimum Gasteiger partial charge on any atom is -0.423 e. The van der Waals surface area contributed by atoms with E-state index in [9.17, 15) is 44.7 Å². The summed E-state index contributed by atoms with van der Waals surface area (Å²) in [6.45, 7) is 5.32. The molecule has 0 unspecified atom stereocenters. The van der Waals surface area contributed by atoms with Gasteiger partial charge in [-0.3, -0.25) is 0 Å². The Labute approximate surface area is 239 Å². The number of ether oxygens (including phenoxy) is 2. The molecule has 0 radical (unpaired) electrons. The summed E-state index contributed by atoms with van der Waals surface area (Å²) in [5, 5.41) is 0. The third-order valence-electron chi connectivity index (χ3n) is 5.63. The molecule has 0 heterocycles. The van der Waals surface area contributed by atoms with Crippen molar-refractivity contribution in [1.29, 1.82) is 0 Å². The second-order valence-electron chi connectivity index (χ2n) is 8.73. The van der Waals surface area contributed by atoms with E-state index in [-0.39, 0.29) is 22.6 Å². The Morgan fingerprint density at radius 2 is 0.977 bits per heavy atom. The number of alkyl halides is 8. The van der Waals surface area contributed by atoms with Crippen LogP contribution in [0.5, 0.6) is 11.5 Å². The summed E-state index contributed by atoms with van der Waals surface area (Å²) in [5.74, 6) is -3.61. The summed E-state index contributed by atoms with van der Waals surface area (Å²) in [4.78, 5) is 23.0. The van der Waals surface area contributed by atoms with Gasteiger partial charge in [0.25, 0.3) is 6.43 Å². The Morgan fingerprint density at radius 3 is 1.37 bits per heavy atom. The molecule has 0 aliphatic heterocycles. The lowest BCUT2D eigenvalue weighted by Gasteiger charge is -2.09. The molecule has 12 heteroatoms. The number of carbonyl (C=O) groups is 2. The molecule has 3 aromatic rings. The van der Waals surface area contributed by atoms with Crippen molar-refractivity contribution >= 4 is 36.2 Å². The zero-order chi connectivity index (χ0) is 31.9. The topological polar surface area (TPSA) is 52.6 Å². The maximum Gasteiger partial charge on any atom is 0.422 e. The minimum atomic E-state index is -4.93. The maximum atomic E-state index is 13.8. The van der Waals surface area contributed by atoms with Gasteiger partial charge >= 0.3 is 24.3 Å². The molecule has 0 aromatic heterocycles. The van der Waals surface area contributed by atoms with Crippen molar-refractivity contribution in [3.63, 3.8) is 0 Å². The molecule has 0 aliphatic carbocycles. The van der Waals surface area contributed by atoms with Gasteiger partial charge in [-0.25, -0.2) is 18.4 Å². The van der Waals surface area contributed by atoms with Crippen LogP contribution in [0.3, 0.4) is 0 Å². The van der Waals surface area contributed by atoms with Crippen LogP contribution in [0.4, 0.5) is 35.1 Å². The molecule has 0 fully saturated rings. The van der Waals surface area contributed by atoms with Gasteiger partial charge in [-0.2, -0.15) is 26.3 Å². The van der Waals surface area contributed by atoms with E-state index >= 15 is 0 Å². The molecule has 0 saturated carbocycles. The van der Waals surface area contributed by atoms with Crippen LogP contribution >= 0.6 is 0 Å². The molecule has 0 spiro atoms. The van der Waals surface area contributed by atoms with Gasteiger partial charge in [-0.05, 0) is 52.6 Å². The van der Waals surface area contributed by atoms with Crippen LogP contribution in [0.1, 0.15) is 34.2 Å². The fourth-order valence-electron chi connectivity index (χ4n) is 3.28. The summed E-state index contributed by atoms with van der Waals surface area (Å²) in [5.41, 5.74) is -1.98.